The number of fused-ring (bicyclic) bond motifs is 1. The van der Waals surface area contributed by atoms with E-state index in [9.17, 15) is 14.7 Å². The summed E-state index contributed by atoms with van der Waals surface area (Å²) in [7, 11) is 1.33. The summed E-state index contributed by atoms with van der Waals surface area (Å²) in [5, 5.41) is 12.9. The average molecular weight is 378 g/mol. The Balaban J connectivity index is 1.59. The maximum absolute atomic E-state index is 12.7. The van der Waals surface area contributed by atoms with E-state index in [0.29, 0.717) is 23.1 Å². The lowest BCUT2D eigenvalue weighted by Crippen LogP contribution is -2.15. The highest BCUT2D eigenvalue weighted by Crippen LogP contribution is 2.48. The van der Waals surface area contributed by atoms with E-state index in [4.69, 9.17) is 4.74 Å². The van der Waals surface area contributed by atoms with Crippen molar-refractivity contribution >= 4 is 28.5 Å². The Morgan fingerprint density at radius 2 is 2.04 bits per heavy atom. The fourth-order valence-electron chi connectivity index (χ4n) is 3.79. The molecule has 1 aliphatic rings. The van der Waals surface area contributed by atoms with Crippen molar-refractivity contribution in [2.75, 3.05) is 19.0 Å². The quantitative estimate of drug-likeness (QED) is 0.574. The third-order valence-corrected chi connectivity index (χ3v) is 5.27. The minimum atomic E-state index is -0.478. The van der Waals surface area contributed by atoms with Crippen molar-refractivity contribution in [1.29, 1.82) is 0 Å². The summed E-state index contributed by atoms with van der Waals surface area (Å²) in [5.74, 6) is -0.348. The number of H-pyrrole nitrogens is 1. The van der Waals surface area contributed by atoms with Crippen LogP contribution in [0.5, 0.6) is 0 Å². The largest absolute Gasteiger partial charge is 0.465 e. The minimum absolute atomic E-state index is 0.0192. The van der Waals surface area contributed by atoms with E-state index >= 15 is 0 Å². The van der Waals surface area contributed by atoms with Crippen LogP contribution in [-0.4, -0.2) is 35.7 Å². The van der Waals surface area contributed by atoms with Gasteiger partial charge in [0.2, 0.25) is 5.91 Å². The molecule has 1 aliphatic carbocycles. The van der Waals surface area contributed by atoms with Crippen molar-refractivity contribution in [3.63, 3.8) is 0 Å². The molecule has 1 saturated carbocycles. The van der Waals surface area contributed by atoms with Gasteiger partial charge in [-0.3, -0.25) is 4.79 Å². The molecule has 0 spiro atoms. The highest BCUT2D eigenvalue weighted by atomic mass is 16.5. The molecule has 1 fully saturated rings. The Kier molecular flexibility index (Phi) is 4.88. The molecule has 2 unspecified atom stereocenters. The van der Waals surface area contributed by atoms with E-state index in [0.717, 1.165) is 17.5 Å². The molecule has 0 radical (unpaired) electrons. The standard InChI is InChI=1S/C22H22N2O4/c1-28-22(27)18-9-15(10-19-20(18)14(7-8-25)12-23-19)24-21(26)17-11-16(17)13-5-3-2-4-6-13/h2-6,9-10,12,16-17,23,25H,7-8,11H2,1H3,(H,24,26). The van der Waals surface area contributed by atoms with Crippen LogP contribution in [0.25, 0.3) is 10.9 Å². The van der Waals surface area contributed by atoms with Gasteiger partial charge in [-0.2, -0.15) is 0 Å². The Labute approximate surface area is 162 Å². The van der Waals surface area contributed by atoms with Gasteiger partial charge in [0.25, 0.3) is 0 Å². The summed E-state index contributed by atoms with van der Waals surface area (Å²) in [6.45, 7) is -0.0192. The number of aliphatic hydroxyl groups excluding tert-OH is 1. The molecule has 1 heterocycles. The number of aromatic amines is 1. The Morgan fingerprint density at radius 3 is 2.75 bits per heavy atom. The van der Waals surface area contributed by atoms with Crippen molar-refractivity contribution in [2.24, 2.45) is 5.92 Å². The molecule has 2 atom stereocenters. The number of esters is 1. The summed E-state index contributed by atoms with van der Waals surface area (Å²) in [4.78, 5) is 28.1. The lowest BCUT2D eigenvalue weighted by atomic mass is 10.0. The molecule has 2 aromatic carbocycles. The van der Waals surface area contributed by atoms with E-state index < -0.39 is 5.97 Å². The van der Waals surface area contributed by atoms with Crippen molar-refractivity contribution in [1.82, 2.24) is 4.98 Å². The second kappa shape index (κ2) is 7.48. The highest BCUT2D eigenvalue weighted by Gasteiger charge is 2.43. The molecule has 28 heavy (non-hydrogen) atoms. The predicted molar refractivity (Wildman–Crippen MR) is 106 cm³/mol. The number of amides is 1. The Hall–Kier alpha value is -3.12. The number of carbonyl (C=O) groups is 2. The number of carbonyl (C=O) groups excluding carboxylic acids is 2. The number of aromatic nitrogens is 1. The van der Waals surface area contributed by atoms with Crippen molar-refractivity contribution in [2.45, 2.75) is 18.8 Å². The summed E-state index contributed by atoms with van der Waals surface area (Å²) in [6, 6.07) is 13.5. The number of methoxy groups -OCH3 is 1. The maximum atomic E-state index is 12.7. The second-order valence-corrected chi connectivity index (χ2v) is 7.07. The third-order valence-electron chi connectivity index (χ3n) is 5.27. The van der Waals surface area contributed by atoms with Gasteiger partial charge in [-0.05, 0) is 42.0 Å². The minimum Gasteiger partial charge on any atom is -0.465 e. The number of nitrogens with one attached hydrogen (secondary N) is 2. The molecule has 1 aromatic heterocycles. The van der Waals surface area contributed by atoms with Gasteiger partial charge in [0.1, 0.15) is 0 Å². The van der Waals surface area contributed by atoms with Gasteiger partial charge in [-0.15, -0.1) is 0 Å². The van der Waals surface area contributed by atoms with E-state index in [2.05, 4.69) is 10.3 Å². The average Bonchev–Trinajstić information content (AvgIpc) is 3.43. The van der Waals surface area contributed by atoms with E-state index in [-0.39, 0.29) is 24.3 Å². The molecule has 0 aliphatic heterocycles. The zero-order chi connectivity index (χ0) is 19.7. The monoisotopic (exact) mass is 378 g/mol. The number of hydrogen-bond acceptors (Lipinski definition) is 4. The fraction of sp³-hybridized carbons (Fsp3) is 0.273. The van der Waals surface area contributed by atoms with E-state index in [1.165, 1.54) is 12.7 Å². The Bertz CT molecular complexity index is 1030. The van der Waals surface area contributed by atoms with Crippen LogP contribution >= 0.6 is 0 Å². The van der Waals surface area contributed by atoms with Crippen LogP contribution in [-0.2, 0) is 16.0 Å². The first-order valence-electron chi connectivity index (χ1n) is 9.31. The number of ether oxygens (including phenoxy) is 1. The van der Waals surface area contributed by atoms with Crippen LogP contribution < -0.4 is 5.32 Å². The molecular formula is C22H22N2O4. The first kappa shape index (κ1) is 18.3. The smallest absolute Gasteiger partial charge is 0.338 e. The highest BCUT2D eigenvalue weighted by molar-refractivity contribution is 6.08. The number of aliphatic hydroxyl groups is 1. The SMILES string of the molecule is COC(=O)c1cc(NC(=O)C2CC2c2ccccc2)cc2[nH]cc(CCO)c12. The number of anilines is 1. The van der Waals surface area contributed by atoms with Gasteiger partial charge in [-0.25, -0.2) is 4.79 Å². The fourth-order valence-corrected chi connectivity index (χ4v) is 3.79. The molecule has 4 rings (SSSR count). The van der Waals surface area contributed by atoms with Crippen LogP contribution in [0.3, 0.4) is 0 Å². The van der Waals surface area contributed by atoms with Gasteiger partial charge in [-0.1, -0.05) is 30.3 Å². The summed E-state index contributed by atoms with van der Waals surface area (Å²) >= 11 is 0. The number of rotatable bonds is 6. The Morgan fingerprint density at radius 1 is 1.25 bits per heavy atom. The first-order chi connectivity index (χ1) is 13.6. The molecule has 6 nitrogen and oxygen atoms in total. The first-order valence-corrected chi connectivity index (χ1v) is 9.31. The van der Waals surface area contributed by atoms with Crippen LogP contribution in [0, 0.1) is 5.92 Å². The van der Waals surface area contributed by atoms with Gasteiger partial charge in [0, 0.05) is 35.3 Å². The normalized spacial score (nSPS) is 18.1. The molecule has 3 N–H and O–H groups in total. The molecule has 3 aromatic rings. The van der Waals surface area contributed by atoms with Crippen LogP contribution in [0.4, 0.5) is 5.69 Å². The van der Waals surface area contributed by atoms with Gasteiger partial charge < -0.3 is 20.1 Å². The maximum Gasteiger partial charge on any atom is 0.338 e. The molecule has 1 amide bonds. The summed E-state index contributed by atoms with van der Waals surface area (Å²) < 4.78 is 4.91. The molecule has 144 valence electrons. The van der Waals surface area contributed by atoms with Crippen molar-refractivity contribution in [3.05, 3.63) is 65.4 Å². The van der Waals surface area contributed by atoms with E-state index in [1.807, 2.05) is 30.3 Å². The zero-order valence-electron chi connectivity index (χ0n) is 15.6. The van der Waals surface area contributed by atoms with Gasteiger partial charge >= 0.3 is 5.97 Å². The molecular weight excluding hydrogens is 356 g/mol. The van der Waals surface area contributed by atoms with Crippen LogP contribution in [0.2, 0.25) is 0 Å². The summed E-state index contributed by atoms with van der Waals surface area (Å²) in [5.41, 5.74) is 3.65. The van der Waals surface area contributed by atoms with Crippen LogP contribution in [0.15, 0.2) is 48.7 Å². The topological polar surface area (TPSA) is 91.4 Å². The molecule has 0 bridgehead atoms. The number of benzene rings is 2. The third kappa shape index (κ3) is 3.39. The molecule has 0 saturated heterocycles. The zero-order valence-corrected chi connectivity index (χ0v) is 15.6. The van der Waals surface area contributed by atoms with Crippen LogP contribution in [0.1, 0.15) is 33.8 Å². The second-order valence-electron chi connectivity index (χ2n) is 7.07. The van der Waals surface area contributed by atoms with Crippen molar-refractivity contribution in [3.8, 4) is 0 Å². The summed E-state index contributed by atoms with van der Waals surface area (Å²) in [6.07, 6.45) is 3.02. The molecule has 6 heteroatoms. The lowest BCUT2D eigenvalue weighted by molar-refractivity contribution is -0.117. The van der Waals surface area contributed by atoms with Gasteiger partial charge in [0.15, 0.2) is 0 Å². The predicted octanol–water partition coefficient (Wildman–Crippen LogP) is 3.23. The van der Waals surface area contributed by atoms with Gasteiger partial charge in [0.05, 0.1) is 12.7 Å². The van der Waals surface area contributed by atoms with Crippen molar-refractivity contribution < 1.29 is 19.4 Å². The lowest BCUT2D eigenvalue weighted by Gasteiger charge is -2.10. The number of hydrogen-bond donors (Lipinski definition) is 3. The van der Waals surface area contributed by atoms with E-state index in [1.54, 1.807) is 18.3 Å².